The molecule has 0 aliphatic carbocycles. The summed E-state index contributed by atoms with van der Waals surface area (Å²) >= 11 is 0. The predicted octanol–water partition coefficient (Wildman–Crippen LogP) is 12.0. The van der Waals surface area contributed by atoms with Crippen molar-refractivity contribution >= 4 is 40.2 Å². The minimum atomic E-state index is 0.0479. The Hall–Kier alpha value is -6.82. The number of nitrogen functional groups attached to an aromatic ring is 1. The highest BCUT2D eigenvalue weighted by molar-refractivity contribution is 6.04. The second-order valence-corrected chi connectivity index (χ2v) is 13.0. The van der Waals surface area contributed by atoms with Crippen LogP contribution < -0.4 is 11.5 Å². The number of para-hydroxylation sites is 1. The number of rotatable bonds is 7. The van der Waals surface area contributed by atoms with Crippen LogP contribution in [0.25, 0.3) is 38.8 Å². The fraction of sp³-hybridized carbons (Fsp3) is 0.0800. The monoisotopic (exact) mass is 720 g/mol. The molecule has 0 atom stereocenters. The number of fused-ring (bicyclic) bond motifs is 3. The van der Waals surface area contributed by atoms with E-state index in [1.54, 1.807) is 0 Å². The summed E-state index contributed by atoms with van der Waals surface area (Å²) in [5.41, 5.74) is 22.6. The Morgan fingerprint density at radius 1 is 0.582 bits per heavy atom. The van der Waals surface area contributed by atoms with E-state index in [-0.39, 0.29) is 5.84 Å². The molecule has 0 saturated carbocycles. The first-order valence-corrected chi connectivity index (χ1v) is 18.2. The van der Waals surface area contributed by atoms with Gasteiger partial charge in [0, 0.05) is 28.4 Å². The molecular weight excluding hydrogens is 673 g/mol. The van der Waals surface area contributed by atoms with Crippen molar-refractivity contribution in [3.8, 4) is 11.1 Å². The largest absolute Gasteiger partial charge is 0.456 e. The van der Waals surface area contributed by atoms with E-state index in [9.17, 15) is 0 Å². The molecule has 5 heteroatoms. The summed E-state index contributed by atoms with van der Waals surface area (Å²) < 4.78 is 5.73. The van der Waals surface area contributed by atoms with Crippen LogP contribution in [0.1, 0.15) is 33.4 Å². The number of hydrogen-bond donors (Lipinski definition) is 3. The molecule has 5 nitrogen and oxygen atoms in total. The maximum Gasteiger partial charge on any atom is 0.135 e. The molecule has 274 valence electrons. The van der Waals surface area contributed by atoms with Crippen LogP contribution in [-0.2, 0) is 13.0 Å². The van der Waals surface area contributed by atoms with Gasteiger partial charge in [0.25, 0.3) is 0 Å². The van der Waals surface area contributed by atoms with Gasteiger partial charge in [-0.15, -0.1) is 0 Å². The highest BCUT2D eigenvalue weighted by Gasteiger charge is 2.05. The first kappa shape index (κ1) is 39.4. The van der Waals surface area contributed by atoms with E-state index in [0.717, 1.165) is 28.8 Å². The molecule has 0 radical (unpaired) electrons. The zero-order valence-electron chi connectivity index (χ0n) is 31.5. The van der Waals surface area contributed by atoms with Crippen LogP contribution in [0.5, 0.6) is 0 Å². The molecule has 0 aliphatic rings. The fourth-order valence-corrected chi connectivity index (χ4v) is 5.78. The quantitative estimate of drug-likeness (QED) is 0.113. The lowest BCUT2D eigenvalue weighted by Gasteiger charge is -2.06. The van der Waals surface area contributed by atoms with Crippen LogP contribution in [0.2, 0.25) is 0 Å². The SMILES string of the molecule is C=N/C(=C\Cc1ccc(-c2ccccc2)cc1)c1cccc(C(=N)N)c1.Cc1ccc2c(c1)oc1ccccc12.Cc1ccccc1.NCc1ccccc1. The normalized spacial score (nSPS) is 10.6. The number of aryl methyl sites for hydroxylation is 2. The minimum Gasteiger partial charge on any atom is -0.456 e. The Kier molecular flexibility index (Phi) is 14.6. The molecule has 5 N–H and O–H groups in total. The number of aliphatic imine (C=N–C) groups is 1. The van der Waals surface area contributed by atoms with E-state index in [1.165, 1.54) is 44.2 Å². The molecule has 8 aromatic rings. The Labute approximate surface area is 324 Å². The highest BCUT2D eigenvalue weighted by Crippen LogP contribution is 2.28. The number of nitrogens with zero attached hydrogens (tertiary/aromatic N) is 1. The number of nitrogens with one attached hydrogen (secondary N) is 1. The first-order chi connectivity index (χ1) is 26.8. The third-order valence-corrected chi connectivity index (χ3v) is 8.79. The summed E-state index contributed by atoms with van der Waals surface area (Å²) in [4.78, 5) is 4.14. The molecule has 1 aromatic heterocycles. The van der Waals surface area contributed by atoms with Gasteiger partial charge in [-0.1, -0.05) is 175 Å². The van der Waals surface area contributed by atoms with Gasteiger partial charge in [0.15, 0.2) is 0 Å². The van der Waals surface area contributed by atoms with Crippen molar-refractivity contribution in [2.45, 2.75) is 26.8 Å². The molecule has 0 amide bonds. The molecular formula is C50H48N4O. The average molecular weight is 721 g/mol. The second kappa shape index (κ2) is 20.4. The number of hydrogen-bond acceptors (Lipinski definition) is 4. The molecule has 0 aliphatic heterocycles. The number of benzene rings is 7. The van der Waals surface area contributed by atoms with Crippen LogP contribution >= 0.6 is 0 Å². The van der Waals surface area contributed by atoms with Gasteiger partial charge in [-0.05, 0) is 73.0 Å². The third-order valence-electron chi connectivity index (χ3n) is 8.79. The first-order valence-electron chi connectivity index (χ1n) is 18.2. The van der Waals surface area contributed by atoms with Crippen molar-refractivity contribution in [2.24, 2.45) is 16.5 Å². The number of allylic oxidation sites excluding steroid dienone is 1. The molecule has 7 aromatic carbocycles. The maximum atomic E-state index is 7.57. The van der Waals surface area contributed by atoms with Crippen LogP contribution in [0, 0.1) is 19.3 Å². The van der Waals surface area contributed by atoms with E-state index in [2.05, 4.69) is 98.4 Å². The number of furan rings is 1. The van der Waals surface area contributed by atoms with Gasteiger partial charge in [-0.3, -0.25) is 10.4 Å². The lowest BCUT2D eigenvalue weighted by atomic mass is 10.0. The van der Waals surface area contributed by atoms with Crippen molar-refractivity contribution in [3.63, 3.8) is 0 Å². The molecule has 0 saturated heterocycles. The number of amidine groups is 1. The summed E-state index contributed by atoms with van der Waals surface area (Å²) in [7, 11) is 0. The van der Waals surface area contributed by atoms with Crippen molar-refractivity contribution < 1.29 is 4.42 Å². The minimum absolute atomic E-state index is 0.0479. The molecule has 0 fully saturated rings. The van der Waals surface area contributed by atoms with Gasteiger partial charge < -0.3 is 15.9 Å². The van der Waals surface area contributed by atoms with Gasteiger partial charge in [0.1, 0.15) is 17.0 Å². The molecule has 55 heavy (non-hydrogen) atoms. The zero-order valence-corrected chi connectivity index (χ0v) is 31.5. The summed E-state index contributed by atoms with van der Waals surface area (Å²) in [5.74, 6) is 0.0479. The summed E-state index contributed by atoms with van der Waals surface area (Å²) in [6.07, 6.45) is 2.80. The Balaban J connectivity index is 0.000000164. The molecule has 8 rings (SSSR count). The van der Waals surface area contributed by atoms with E-state index >= 15 is 0 Å². The topological polar surface area (TPSA) is 101 Å². The summed E-state index contributed by atoms with van der Waals surface area (Å²) in [6.45, 7) is 8.47. The Morgan fingerprint density at radius 3 is 1.76 bits per heavy atom. The number of nitrogens with two attached hydrogens (primary N) is 2. The average Bonchev–Trinajstić information content (AvgIpc) is 3.60. The molecule has 0 bridgehead atoms. The fourth-order valence-electron chi connectivity index (χ4n) is 5.78. The smallest absolute Gasteiger partial charge is 0.135 e. The van der Waals surface area contributed by atoms with Crippen LogP contribution in [0.4, 0.5) is 0 Å². The second-order valence-electron chi connectivity index (χ2n) is 13.0. The van der Waals surface area contributed by atoms with E-state index in [1.807, 2.05) is 115 Å². The van der Waals surface area contributed by atoms with Crippen LogP contribution in [-0.4, -0.2) is 12.6 Å². The van der Waals surface area contributed by atoms with Gasteiger partial charge >= 0.3 is 0 Å². The van der Waals surface area contributed by atoms with Gasteiger partial charge in [0.2, 0.25) is 0 Å². The van der Waals surface area contributed by atoms with Crippen molar-refractivity contribution in [1.29, 1.82) is 5.41 Å². The Morgan fingerprint density at radius 2 is 1.16 bits per heavy atom. The maximum absolute atomic E-state index is 7.57. The van der Waals surface area contributed by atoms with Crippen LogP contribution in [0.3, 0.4) is 0 Å². The lowest BCUT2D eigenvalue weighted by Crippen LogP contribution is -2.10. The van der Waals surface area contributed by atoms with Crippen molar-refractivity contribution in [3.05, 3.63) is 221 Å². The van der Waals surface area contributed by atoms with Crippen molar-refractivity contribution in [2.75, 3.05) is 0 Å². The molecule has 0 spiro atoms. The standard InChI is InChI=1S/C23H21N3.C13H10O.C7H9N.C7H8/c1-26-22(20-8-5-9-21(16-20)23(24)25)15-12-17-10-13-19(14-11-17)18-6-3-2-4-7-18;1-9-6-7-11-10-4-2-3-5-12(10)14-13(11)8-9;8-6-7-4-2-1-3-5-7;1-7-5-3-2-4-6-7/h2-11,13-16H,1,12H2,(H3,24,25);2-8H,1H3;1-5H,6,8H2;2-6H,1H3/b22-15-;;;. The molecule has 1 heterocycles. The highest BCUT2D eigenvalue weighted by atomic mass is 16.3. The Bertz CT molecular complexity index is 2430. The van der Waals surface area contributed by atoms with E-state index < -0.39 is 0 Å². The summed E-state index contributed by atoms with van der Waals surface area (Å²) in [6, 6.07) is 61.1. The van der Waals surface area contributed by atoms with Gasteiger partial charge in [0.05, 0.1) is 5.70 Å². The summed E-state index contributed by atoms with van der Waals surface area (Å²) in [5, 5.41) is 9.97. The van der Waals surface area contributed by atoms with Crippen LogP contribution in [0.15, 0.2) is 197 Å². The van der Waals surface area contributed by atoms with Crippen molar-refractivity contribution in [1.82, 2.24) is 0 Å². The lowest BCUT2D eigenvalue weighted by molar-refractivity contribution is 0.668. The van der Waals surface area contributed by atoms with Gasteiger partial charge in [-0.2, -0.15) is 0 Å². The zero-order chi connectivity index (χ0) is 38.8. The molecule has 0 unspecified atom stereocenters. The third kappa shape index (κ3) is 11.8. The predicted molar refractivity (Wildman–Crippen MR) is 235 cm³/mol. The van der Waals surface area contributed by atoms with Gasteiger partial charge in [-0.25, -0.2) is 0 Å². The van der Waals surface area contributed by atoms with E-state index in [0.29, 0.717) is 12.1 Å². The van der Waals surface area contributed by atoms with E-state index in [4.69, 9.17) is 21.3 Å².